The van der Waals surface area contributed by atoms with E-state index in [-0.39, 0.29) is 30.5 Å². The number of benzene rings is 1. The first-order valence-corrected chi connectivity index (χ1v) is 6.08. The summed E-state index contributed by atoms with van der Waals surface area (Å²) < 4.78 is 19.0. The number of esters is 1. The topological polar surface area (TPSA) is 86.1 Å². The summed E-state index contributed by atoms with van der Waals surface area (Å²) in [5, 5.41) is 9.76. The number of ether oxygens (including phenoxy) is 1. The molecular weight excluding hydrogens is 279 g/mol. The Morgan fingerprint density at radius 3 is 2.86 bits per heavy atom. The average molecular weight is 292 g/mol. The number of rotatable bonds is 5. The van der Waals surface area contributed by atoms with Crippen LogP contribution in [0.4, 0.5) is 4.39 Å². The molecule has 0 aliphatic carbocycles. The number of hydrogen-bond acceptors (Lipinski definition) is 5. The predicted molar refractivity (Wildman–Crippen MR) is 69.6 cm³/mol. The molecular formula is C13H13FN4O3. The summed E-state index contributed by atoms with van der Waals surface area (Å²) in [5.74, 6) is -1.39. The number of nitrogens with zero attached hydrogens (tertiary/aromatic N) is 3. The van der Waals surface area contributed by atoms with Crippen LogP contribution in [0.1, 0.15) is 16.1 Å². The van der Waals surface area contributed by atoms with Crippen molar-refractivity contribution in [3.05, 3.63) is 47.5 Å². The summed E-state index contributed by atoms with van der Waals surface area (Å²) in [5.41, 5.74) is 0.402. The fourth-order valence-electron chi connectivity index (χ4n) is 1.61. The largest absolute Gasteiger partial charge is 0.464 e. The molecule has 21 heavy (non-hydrogen) atoms. The van der Waals surface area contributed by atoms with Crippen molar-refractivity contribution >= 4 is 11.9 Å². The zero-order valence-corrected chi connectivity index (χ0v) is 11.2. The zero-order valence-electron chi connectivity index (χ0n) is 11.2. The Morgan fingerprint density at radius 2 is 2.14 bits per heavy atom. The van der Waals surface area contributed by atoms with Crippen LogP contribution in [0.3, 0.4) is 0 Å². The van der Waals surface area contributed by atoms with Crippen molar-refractivity contribution in [3.63, 3.8) is 0 Å². The van der Waals surface area contributed by atoms with E-state index in [1.165, 1.54) is 24.1 Å². The Kier molecular flexibility index (Phi) is 4.60. The Bertz CT molecular complexity index is 656. The van der Waals surface area contributed by atoms with Crippen molar-refractivity contribution in [2.24, 2.45) is 0 Å². The van der Waals surface area contributed by atoms with Gasteiger partial charge in [-0.2, -0.15) is 0 Å². The van der Waals surface area contributed by atoms with Crippen LogP contribution >= 0.6 is 0 Å². The molecule has 1 aromatic heterocycles. The molecule has 0 bridgehead atoms. The van der Waals surface area contributed by atoms with Gasteiger partial charge in [-0.1, -0.05) is 23.4 Å². The van der Waals surface area contributed by atoms with Gasteiger partial charge in [-0.05, 0) is 6.07 Å². The van der Waals surface area contributed by atoms with Crippen LogP contribution in [0.2, 0.25) is 0 Å². The van der Waals surface area contributed by atoms with E-state index in [4.69, 9.17) is 0 Å². The van der Waals surface area contributed by atoms with E-state index in [2.05, 4.69) is 20.4 Å². The van der Waals surface area contributed by atoms with Gasteiger partial charge < -0.3 is 10.1 Å². The summed E-state index contributed by atoms with van der Waals surface area (Å²) in [6, 6.07) is 6.16. The third kappa shape index (κ3) is 3.85. The van der Waals surface area contributed by atoms with E-state index in [1.807, 2.05) is 0 Å². The molecule has 2 rings (SSSR count). The predicted octanol–water partition coefficient (Wildman–Crippen LogP) is 0.520. The Balaban J connectivity index is 1.89. The van der Waals surface area contributed by atoms with Crippen LogP contribution in [-0.2, 0) is 22.6 Å². The minimum absolute atomic E-state index is 0.0133. The van der Waals surface area contributed by atoms with Gasteiger partial charge in [0, 0.05) is 12.1 Å². The molecule has 0 radical (unpaired) electrons. The maximum atomic E-state index is 13.4. The molecule has 0 aliphatic heterocycles. The summed E-state index contributed by atoms with van der Waals surface area (Å²) >= 11 is 0. The van der Waals surface area contributed by atoms with Crippen LogP contribution in [0.15, 0.2) is 30.5 Å². The number of carbonyl (C=O) groups is 2. The van der Waals surface area contributed by atoms with E-state index in [1.54, 1.807) is 18.2 Å². The number of aromatic nitrogens is 3. The SMILES string of the molecule is COC(=O)c1cn(CC(=O)NCc2ccccc2F)nn1. The van der Waals surface area contributed by atoms with Gasteiger partial charge in [-0.25, -0.2) is 13.9 Å². The van der Waals surface area contributed by atoms with Crippen LogP contribution < -0.4 is 5.32 Å². The molecule has 7 nitrogen and oxygen atoms in total. The molecule has 0 saturated carbocycles. The fourth-order valence-corrected chi connectivity index (χ4v) is 1.61. The number of nitrogens with one attached hydrogen (secondary N) is 1. The first kappa shape index (κ1) is 14.6. The third-order valence-corrected chi connectivity index (χ3v) is 2.67. The normalized spacial score (nSPS) is 10.2. The highest BCUT2D eigenvalue weighted by molar-refractivity contribution is 5.86. The van der Waals surface area contributed by atoms with Gasteiger partial charge in [0.25, 0.3) is 0 Å². The molecule has 0 atom stereocenters. The van der Waals surface area contributed by atoms with Crippen molar-refractivity contribution in [1.29, 1.82) is 0 Å². The van der Waals surface area contributed by atoms with Crippen LogP contribution in [-0.4, -0.2) is 34.0 Å². The molecule has 1 heterocycles. The van der Waals surface area contributed by atoms with E-state index in [0.717, 1.165) is 0 Å². The highest BCUT2D eigenvalue weighted by Crippen LogP contribution is 2.05. The third-order valence-electron chi connectivity index (χ3n) is 2.67. The van der Waals surface area contributed by atoms with Crippen molar-refractivity contribution < 1.29 is 18.7 Å². The van der Waals surface area contributed by atoms with E-state index in [9.17, 15) is 14.0 Å². The lowest BCUT2D eigenvalue weighted by Crippen LogP contribution is -2.27. The summed E-state index contributed by atoms with van der Waals surface area (Å²) in [6.45, 7) is -0.0531. The lowest BCUT2D eigenvalue weighted by atomic mass is 10.2. The standard InChI is InChI=1S/C13H13FN4O3/c1-21-13(20)11-7-18(17-16-11)8-12(19)15-6-9-4-2-3-5-10(9)14/h2-5,7H,6,8H2,1H3,(H,15,19). The fraction of sp³-hybridized carbons (Fsp3) is 0.231. The van der Waals surface area contributed by atoms with Crippen molar-refractivity contribution in [1.82, 2.24) is 20.3 Å². The molecule has 0 aliphatic rings. The molecule has 0 unspecified atom stereocenters. The Labute approximate surface area is 119 Å². The van der Waals surface area contributed by atoms with Gasteiger partial charge >= 0.3 is 5.97 Å². The summed E-state index contributed by atoms with van der Waals surface area (Å²) in [4.78, 5) is 22.9. The molecule has 110 valence electrons. The molecule has 1 N–H and O–H groups in total. The molecule has 2 aromatic rings. The van der Waals surface area contributed by atoms with Crippen LogP contribution in [0.25, 0.3) is 0 Å². The number of hydrogen-bond donors (Lipinski definition) is 1. The maximum Gasteiger partial charge on any atom is 0.360 e. The second kappa shape index (κ2) is 6.60. The molecule has 0 fully saturated rings. The lowest BCUT2D eigenvalue weighted by molar-refractivity contribution is -0.122. The summed E-state index contributed by atoms with van der Waals surface area (Å²) in [6.07, 6.45) is 1.30. The zero-order chi connectivity index (χ0) is 15.2. The van der Waals surface area contributed by atoms with Crippen molar-refractivity contribution in [2.45, 2.75) is 13.1 Å². The van der Waals surface area contributed by atoms with Gasteiger partial charge in [0.15, 0.2) is 5.69 Å². The van der Waals surface area contributed by atoms with Gasteiger partial charge in [0.1, 0.15) is 12.4 Å². The van der Waals surface area contributed by atoms with Gasteiger partial charge in [0.05, 0.1) is 13.3 Å². The number of amides is 1. The van der Waals surface area contributed by atoms with E-state index < -0.39 is 5.97 Å². The maximum absolute atomic E-state index is 13.4. The second-order valence-corrected chi connectivity index (χ2v) is 4.16. The number of methoxy groups -OCH3 is 1. The lowest BCUT2D eigenvalue weighted by Gasteiger charge is -2.05. The molecule has 0 spiro atoms. The Hall–Kier alpha value is -2.77. The van der Waals surface area contributed by atoms with Crippen molar-refractivity contribution in [3.8, 4) is 0 Å². The number of carbonyl (C=O) groups excluding carboxylic acids is 2. The smallest absolute Gasteiger partial charge is 0.360 e. The van der Waals surface area contributed by atoms with E-state index >= 15 is 0 Å². The average Bonchev–Trinajstić information content (AvgIpc) is 2.94. The molecule has 1 amide bonds. The highest BCUT2D eigenvalue weighted by atomic mass is 19.1. The molecule has 1 aromatic carbocycles. The van der Waals surface area contributed by atoms with Crippen molar-refractivity contribution in [2.75, 3.05) is 7.11 Å². The van der Waals surface area contributed by atoms with Gasteiger partial charge in [0.2, 0.25) is 5.91 Å². The van der Waals surface area contributed by atoms with E-state index in [0.29, 0.717) is 5.56 Å². The van der Waals surface area contributed by atoms with Gasteiger partial charge in [-0.15, -0.1) is 5.10 Å². The number of halogens is 1. The molecule has 0 saturated heterocycles. The monoisotopic (exact) mass is 292 g/mol. The second-order valence-electron chi connectivity index (χ2n) is 4.16. The first-order valence-electron chi connectivity index (χ1n) is 6.08. The van der Waals surface area contributed by atoms with Crippen LogP contribution in [0.5, 0.6) is 0 Å². The quantitative estimate of drug-likeness (QED) is 0.812. The first-order chi connectivity index (χ1) is 10.1. The van der Waals surface area contributed by atoms with Gasteiger partial charge in [-0.3, -0.25) is 4.79 Å². The molecule has 8 heteroatoms. The summed E-state index contributed by atoms with van der Waals surface area (Å²) in [7, 11) is 1.22. The highest BCUT2D eigenvalue weighted by Gasteiger charge is 2.12. The van der Waals surface area contributed by atoms with Crippen LogP contribution in [0, 0.1) is 5.82 Å². The Morgan fingerprint density at radius 1 is 1.38 bits per heavy atom. The minimum Gasteiger partial charge on any atom is -0.464 e. The minimum atomic E-state index is -0.631.